The molecule has 0 atom stereocenters. The molecular weight excluding hydrogens is 236 g/mol. The highest BCUT2D eigenvalue weighted by atomic mass is 16.7. The van der Waals surface area contributed by atoms with Crippen molar-refractivity contribution in [1.29, 1.82) is 0 Å². The van der Waals surface area contributed by atoms with Gasteiger partial charge in [0.25, 0.3) is 11.5 Å². The van der Waals surface area contributed by atoms with Gasteiger partial charge in [-0.15, -0.1) is 0 Å². The number of hydroxylamine groups is 1. The summed E-state index contributed by atoms with van der Waals surface area (Å²) in [5.74, 6) is -0.463. The predicted octanol–water partition coefficient (Wildman–Crippen LogP) is 0.126. The van der Waals surface area contributed by atoms with Gasteiger partial charge in [-0.05, 0) is 26.8 Å². The van der Waals surface area contributed by atoms with Gasteiger partial charge >= 0.3 is 0 Å². The van der Waals surface area contributed by atoms with Gasteiger partial charge in [0.05, 0.1) is 12.2 Å². The van der Waals surface area contributed by atoms with Crippen LogP contribution >= 0.6 is 0 Å². The molecule has 1 aromatic heterocycles. The number of pyridine rings is 1. The second-order valence-electron chi connectivity index (χ2n) is 4.78. The van der Waals surface area contributed by atoms with E-state index >= 15 is 0 Å². The lowest BCUT2D eigenvalue weighted by Gasteiger charge is -2.21. The summed E-state index contributed by atoms with van der Waals surface area (Å²) in [6, 6.07) is 1.49. The number of nitrogens with zero attached hydrogens (tertiary/aromatic N) is 1. The van der Waals surface area contributed by atoms with Crippen molar-refractivity contribution >= 4 is 5.91 Å². The maximum Gasteiger partial charge on any atom is 0.276 e. The minimum absolute atomic E-state index is 0.150. The van der Waals surface area contributed by atoms with E-state index in [1.807, 2.05) is 0 Å². The molecule has 0 fully saturated rings. The van der Waals surface area contributed by atoms with Crippen molar-refractivity contribution in [3.63, 3.8) is 0 Å². The summed E-state index contributed by atoms with van der Waals surface area (Å²) in [7, 11) is 1.57. The summed E-state index contributed by atoms with van der Waals surface area (Å²) >= 11 is 0. The highest BCUT2D eigenvalue weighted by molar-refractivity contribution is 5.93. The normalized spacial score (nSPS) is 11.4. The van der Waals surface area contributed by atoms with Crippen LogP contribution in [0.25, 0.3) is 0 Å². The van der Waals surface area contributed by atoms with Gasteiger partial charge in [0.2, 0.25) is 0 Å². The monoisotopic (exact) mass is 254 g/mol. The van der Waals surface area contributed by atoms with Crippen molar-refractivity contribution in [2.24, 2.45) is 7.05 Å². The van der Waals surface area contributed by atoms with Crippen LogP contribution in [0.15, 0.2) is 17.1 Å². The summed E-state index contributed by atoms with van der Waals surface area (Å²) in [6.07, 6.45) is 1.43. The molecule has 0 saturated carbocycles. The fourth-order valence-electron chi connectivity index (χ4n) is 1.28. The molecule has 1 aromatic rings. The van der Waals surface area contributed by atoms with Gasteiger partial charge in [-0.25, -0.2) is 5.48 Å². The molecule has 1 heterocycles. The molecule has 6 nitrogen and oxygen atoms in total. The lowest BCUT2D eigenvalue weighted by molar-refractivity contribution is -0.0956. The average Bonchev–Trinajstić information content (AvgIpc) is 2.32. The average molecular weight is 254 g/mol. The number of carbonyl (C=O) groups excluding carboxylic acids is 1. The molecule has 0 aliphatic carbocycles. The number of aliphatic hydroxyl groups excluding tert-OH is 1. The Morgan fingerprint density at radius 2 is 2.17 bits per heavy atom. The summed E-state index contributed by atoms with van der Waals surface area (Å²) in [5.41, 5.74) is 2.04. The highest BCUT2D eigenvalue weighted by Gasteiger charge is 2.19. The quantitative estimate of drug-likeness (QED) is 0.748. The van der Waals surface area contributed by atoms with Crippen molar-refractivity contribution in [1.82, 2.24) is 10.0 Å². The molecule has 2 N–H and O–H groups in total. The fraction of sp³-hybridized carbons (Fsp3) is 0.500. The van der Waals surface area contributed by atoms with Gasteiger partial charge in [0.1, 0.15) is 5.60 Å². The number of aryl methyl sites for hydroxylation is 2. The zero-order valence-electron chi connectivity index (χ0n) is 11.0. The second-order valence-corrected chi connectivity index (χ2v) is 4.78. The molecule has 6 heteroatoms. The van der Waals surface area contributed by atoms with Crippen molar-refractivity contribution in [3.05, 3.63) is 33.7 Å². The minimum atomic E-state index is -0.856. The van der Waals surface area contributed by atoms with Crippen LogP contribution in [-0.2, 0) is 11.9 Å². The Hall–Kier alpha value is -1.66. The Morgan fingerprint density at radius 3 is 2.67 bits per heavy atom. The molecule has 18 heavy (non-hydrogen) atoms. The number of nitrogens with one attached hydrogen (secondary N) is 1. The van der Waals surface area contributed by atoms with Crippen LogP contribution in [0, 0.1) is 6.92 Å². The molecule has 0 aliphatic heterocycles. The number of rotatable bonds is 4. The maximum absolute atomic E-state index is 11.8. The van der Waals surface area contributed by atoms with E-state index in [9.17, 15) is 9.59 Å². The molecule has 0 aliphatic rings. The molecule has 1 rings (SSSR count). The number of carbonyl (C=O) groups is 1. The van der Waals surface area contributed by atoms with Crippen LogP contribution < -0.4 is 11.0 Å². The van der Waals surface area contributed by atoms with Crippen LogP contribution in [0.3, 0.4) is 0 Å². The first-order valence-electron chi connectivity index (χ1n) is 5.53. The van der Waals surface area contributed by atoms with E-state index in [0.717, 1.165) is 0 Å². The van der Waals surface area contributed by atoms with Crippen molar-refractivity contribution < 1.29 is 14.7 Å². The molecule has 100 valence electrons. The molecule has 0 unspecified atom stereocenters. The Kier molecular flexibility index (Phi) is 4.26. The van der Waals surface area contributed by atoms with E-state index < -0.39 is 11.5 Å². The van der Waals surface area contributed by atoms with Crippen LogP contribution in [0.1, 0.15) is 29.8 Å². The van der Waals surface area contributed by atoms with Gasteiger partial charge in [-0.1, -0.05) is 0 Å². The first-order valence-corrected chi connectivity index (χ1v) is 5.53. The maximum atomic E-state index is 11.8. The Bertz CT molecular complexity index is 479. The number of aromatic nitrogens is 1. The van der Waals surface area contributed by atoms with E-state index in [-0.39, 0.29) is 12.2 Å². The van der Waals surface area contributed by atoms with Gasteiger partial charge < -0.3 is 9.67 Å². The van der Waals surface area contributed by atoms with E-state index in [0.29, 0.717) is 11.1 Å². The van der Waals surface area contributed by atoms with Crippen LogP contribution in [0.5, 0.6) is 0 Å². The minimum Gasteiger partial charge on any atom is -0.393 e. The zero-order valence-corrected chi connectivity index (χ0v) is 11.0. The lowest BCUT2D eigenvalue weighted by atomic mass is 10.2. The number of hydrogen-bond acceptors (Lipinski definition) is 4. The smallest absolute Gasteiger partial charge is 0.276 e. The standard InChI is InChI=1S/C12H18N2O4/c1-8-5-9(6-14(4)11(8)17)10(16)13-18-12(2,3)7-15/h5-6,15H,7H2,1-4H3,(H,13,16). The van der Waals surface area contributed by atoms with Crippen LogP contribution in [0.4, 0.5) is 0 Å². The largest absolute Gasteiger partial charge is 0.393 e. The van der Waals surface area contributed by atoms with E-state index in [1.54, 1.807) is 27.8 Å². The molecular formula is C12H18N2O4. The Labute approximate surface area is 105 Å². The SMILES string of the molecule is Cc1cc(C(=O)NOC(C)(C)CO)cn(C)c1=O. The summed E-state index contributed by atoms with van der Waals surface area (Å²) in [4.78, 5) is 28.3. The molecule has 0 bridgehead atoms. The van der Waals surface area contributed by atoms with Crippen molar-refractivity contribution in [2.75, 3.05) is 6.61 Å². The molecule has 0 aromatic carbocycles. The van der Waals surface area contributed by atoms with E-state index in [4.69, 9.17) is 9.94 Å². The fourth-order valence-corrected chi connectivity index (χ4v) is 1.28. The Morgan fingerprint density at radius 1 is 1.56 bits per heavy atom. The number of amides is 1. The summed E-state index contributed by atoms with van der Waals surface area (Å²) < 4.78 is 1.33. The molecule has 0 radical (unpaired) electrons. The summed E-state index contributed by atoms with van der Waals surface area (Å²) in [6.45, 7) is 4.69. The van der Waals surface area contributed by atoms with Crippen molar-refractivity contribution in [3.8, 4) is 0 Å². The van der Waals surface area contributed by atoms with Crippen molar-refractivity contribution in [2.45, 2.75) is 26.4 Å². The zero-order chi connectivity index (χ0) is 13.9. The highest BCUT2D eigenvalue weighted by Crippen LogP contribution is 2.06. The third kappa shape index (κ3) is 3.41. The number of hydrogen-bond donors (Lipinski definition) is 2. The van der Waals surface area contributed by atoms with Gasteiger partial charge in [-0.3, -0.25) is 14.4 Å². The molecule has 0 saturated heterocycles. The topological polar surface area (TPSA) is 80.6 Å². The second kappa shape index (κ2) is 5.32. The lowest BCUT2D eigenvalue weighted by Crippen LogP contribution is -2.38. The van der Waals surface area contributed by atoms with Gasteiger partial charge in [0.15, 0.2) is 0 Å². The first-order chi connectivity index (χ1) is 8.26. The predicted molar refractivity (Wildman–Crippen MR) is 66.1 cm³/mol. The Balaban J connectivity index is 2.83. The third-order valence-electron chi connectivity index (χ3n) is 2.43. The van der Waals surface area contributed by atoms with Crippen LogP contribution in [0.2, 0.25) is 0 Å². The van der Waals surface area contributed by atoms with Gasteiger partial charge in [-0.2, -0.15) is 0 Å². The third-order valence-corrected chi connectivity index (χ3v) is 2.43. The van der Waals surface area contributed by atoms with E-state index in [2.05, 4.69) is 5.48 Å². The molecule has 1 amide bonds. The van der Waals surface area contributed by atoms with E-state index in [1.165, 1.54) is 16.8 Å². The summed E-state index contributed by atoms with van der Waals surface area (Å²) in [5, 5.41) is 8.98. The first kappa shape index (κ1) is 14.4. The van der Waals surface area contributed by atoms with Crippen LogP contribution in [-0.4, -0.2) is 27.8 Å². The number of aliphatic hydroxyl groups is 1. The van der Waals surface area contributed by atoms with Gasteiger partial charge in [0, 0.05) is 18.8 Å². The molecule has 0 spiro atoms.